The molecular weight excluding hydrogens is 302 g/mol. The lowest BCUT2D eigenvalue weighted by atomic mass is 9.69. The third-order valence-electron chi connectivity index (χ3n) is 5.71. The number of hydrogen-bond donors (Lipinski definition) is 2. The van der Waals surface area contributed by atoms with Crippen LogP contribution in [0.5, 0.6) is 0 Å². The van der Waals surface area contributed by atoms with Crippen LogP contribution in [0.1, 0.15) is 66.2 Å². The Balaban J connectivity index is 1.74. The quantitative estimate of drug-likeness (QED) is 0.827. The van der Waals surface area contributed by atoms with Crippen molar-refractivity contribution in [1.29, 1.82) is 0 Å². The van der Waals surface area contributed by atoms with Crippen LogP contribution in [0.3, 0.4) is 0 Å². The van der Waals surface area contributed by atoms with Gasteiger partial charge in [-0.15, -0.1) is 0 Å². The van der Waals surface area contributed by atoms with Crippen molar-refractivity contribution in [2.45, 2.75) is 78.3 Å². The highest BCUT2D eigenvalue weighted by Crippen LogP contribution is 2.37. The number of nitrogens with zero attached hydrogens (tertiary/aromatic N) is 1. The molecule has 2 aliphatic rings. The van der Waals surface area contributed by atoms with Crippen molar-refractivity contribution in [3.63, 3.8) is 0 Å². The van der Waals surface area contributed by atoms with E-state index in [0.29, 0.717) is 18.5 Å². The zero-order valence-corrected chi connectivity index (χ0v) is 15.9. The standard InChI is InChI=1S/C19H35N3O2/c1-14(23)22-11-9-15(10-12-22)21-18(24)13-20-17-8-6-5-7-16(17)19(2,3)4/h15-17,20H,5-13H2,1-4H3,(H,21,24)/t16-,17-/m0/s1. The average Bonchev–Trinajstić information content (AvgIpc) is 2.53. The lowest BCUT2D eigenvalue weighted by Crippen LogP contribution is -2.51. The van der Waals surface area contributed by atoms with E-state index < -0.39 is 0 Å². The first kappa shape index (κ1) is 19.2. The summed E-state index contributed by atoms with van der Waals surface area (Å²) in [5.41, 5.74) is 0.286. The number of rotatable bonds is 4. The smallest absolute Gasteiger partial charge is 0.234 e. The second-order valence-corrected chi connectivity index (χ2v) is 8.59. The molecule has 0 spiro atoms. The number of nitrogens with one attached hydrogen (secondary N) is 2. The van der Waals surface area contributed by atoms with Crippen molar-refractivity contribution >= 4 is 11.8 Å². The van der Waals surface area contributed by atoms with Gasteiger partial charge in [0.25, 0.3) is 0 Å². The summed E-state index contributed by atoms with van der Waals surface area (Å²) in [7, 11) is 0. The third kappa shape index (κ3) is 5.47. The van der Waals surface area contributed by atoms with Gasteiger partial charge in [0, 0.05) is 32.1 Å². The van der Waals surface area contributed by atoms with E-state index in [9.17, 15) is 9.59 Å². The maximum absolute atomic E-state index is 12.3. The number of carbonyl (C=O) groups excluding carboxylic acids is 2. The summed E-state index contributed by atoms with van der Waals surface area (Å²) >= 11 is 0. The number of likely N-dealkylation sites (tertiary alicyclic amines) is 1. The van der Waals surface area contributed by atoms with Crippen molar-refractivity contribution < 1.29 is 9.59 Å². The first-order valence-corrected chi connectivity index (χ1v) is 9.55. The summed E-state index contributed by atoms with van der Waals surface area (Å²) < 4.78 is 0. The summed E-state index contributed by atoms with van der Waals surface area (Å²) in [5, 5.41) is 6.65. The molecule has 2 N–H and O–H groups in total. The number of hydrogen-bond acceptors (Lipinski definition) is 3. The van der Waals surface area contributed by atoms with E-state index in [4.69, 9.17) is 0 Å². The molecule has 0 aromatic carbocycles. The molecule has 1 saturated heterocycles. The van der Waals surface area contributed by atoms with Gasteiger partial charge in [-0.25, -0.2) is 0 Å². The molecule has 2 rings (SSSR count). The fourth-order valence-electron chi connectivity index (χ4n) is 4.25. The van der Waals surface area contributed by atoms with Gasteiger partial charge in [-0.05, 0) is 37.0 Å². The summed E-state index contributed by atoms with van der Waals surface area (Å²) in [6.45, 7) is 10.4. The fraction of sp³-hybridized carbons (Fsp3) is 0.895. The fourth-order valence-corrected chi connectivity index (χ4v) is 4.25. The molecule has 0 unspecified atom stereocenters. The van der Waals surface area contributed by atoms with Gasteiger partial charge >= 0.3 is 0 Å². The Morgan fingerprint density at radius 3 is 2.25 bits per heavy atom. The highest BCUT2D eigenvalue weighted by molar-refractivity contribution is 5.78. The second kappa shape index (κ2) is 8.32. The van der Waals surface area contributed by atoms with E-state index in [1.54, 1.807) is 6.92 Å². The van der Waals surface area contributed by atoms with E-state index in [2.05, 4.69) is 31.4 Å². The molecule has 0 radical (unpaired) electrons. The predicted molar refractivity (Wildman–Crippen MR) is 96.6 cm³/mol. The SMILES string of the molecule is CC(=O)N1CCC(NC(=O)CN[C@H]2CCCC[C@@H]2C(C)(C)C)CC1. The van der Waals surface area contributed by atoms with Gasteiger partial charge in [0.15, 0.2) is 0 Å². The topological polar surface area (TPSA) is 61.4 Å². The van der Waals surface area contributed by atoms with Gasteiger partial charge in [-0.3, -0.25) is 9.59 Å². The summed E-state index contributed by atoms with van der Waals surface area (Å²) in [4.78, 5) is 25.5. The van der Waals surface area contributed by atoms with Crippen LogP contribution in [0.25, 0.3) is 0 Å². The molecule has 138 valence electrons. The minimum atomic E-state index is 0.0921. The van der Waals surface area contributed by atoms with Crippen molar-refractivity contribution in [1.82, 2.24) is 15.5 Å². The Kier molecular flexibility index (Phi) is 6.67. The lowest BCUT2D eigenvalue weighted by molar-refractivity contribution is -0.130. The molecule has 0 aromatic heterocycles. The normalized spacial score (nSPS) is 26.2. The summed E-state index contributed by atoms with van der Waals surface area (Å²) in [5.74, 6) is 0.860. The monoisotopic (exact) mass is 337 g/mol. The van der Waals surface area contributed by atoms with Crippen LogP contribution in [0, 0.1) is 11.3 Å². The first-order valence-electron chi connectivity index (χ1n) is 9.55. The first-order chi connectivity index (χ1) is 11.3. The molecular formula is C19H35N3O2. The van der Waals surface area contributed by atoms with Gasteiger partial charge < -0.3 is 15.5 Å². The molecule has 2 atom stereocenters. The maximum atomic E-state index is 12.3. The Morgan fingerprint density at radius 1 is 1.04 bits per heavy atom. The predicted octanol–water partition coefficient (Wildman–Crippen LogP) is 2.31. The number of amides is 2. The molecule has 1 saturated carbocycles. The molecule has 5 heteroatoms. The molecule has 1 aliphatic carbocycles. The highest BCUT2D eigenvalue weighted by Gasteiger charge is 2.34. The molecule has 5 nitrogen and oxygen atoms in total. The molecule has 2 amide bonds. The van der Waals surface area contributed by atoms with E-state index in [1.807, 2.05) is 4.90 Å². The number of carbonyl (C=O) groups is 2. The van der Waals surface area contributed by atoms with Gasteiger partial charge in [0.1, 0.15) is 0 Å². The zero-order chi connectivity index (χ0) is 17.7. The van der Waals surface area contributed by atoms with Crippen LogP contribution in [-0.4, -0.2) is 48.4 Å². The Labute approximate surface area is 146 Å². The van der Waals surface area contributed by atoms with Crippen molar-refractivity contribution in [3.05, 3.63) is 0 Å². The van der Waals surface area contributed by atoms with Crippen LogP contribution < -0.4 is 10.6 Å². The Bertz CT molecular complexity index is 436. The largest absolute Gasteiger partial charge is 0.352 e. The number of piperidine rings is 1. The van der Waals surface area contributed by atoms with Gasteiger partial charge in [0.05, 0.1) is 6.54 Å². The highest BCUT2D eigenvalue weighted by atomic mass is 16.2. The lowest BCUT2D eigenvalue weighted by Gasteiger charge is -2.41. The van der Waals surface area contributed by atoms with Crippen LogP contribution >= 0.6 is 0 Å². The van der Waals surface area contributed by atoms with Crippen molar-refractivity contribution in [2.75, 3.05) is 19.6 Å². The Hall–Kier alpha value is -1.10. The van der Waals surface area contributed by atoms with E-state index in [1.165, 1.54) is 25.7 Å². The van der Waals surface area contributed by atoms with Crippen molar-refractivity contribution in [3.8, 4) is 0 Å². The van der Waals surface area contributed by atoms with Crippen molar-refractivity contribution in [2.24, 2.45) is 11.3 Å². The minimum absolute atomic E-state index is 0.0921. The second-order valence-electron chi connectivity index (χ2n) is 8.59. The molecule has 24 heavy (non-hydrogen) atoms. The molecule has 0 aromatic rings. The van der Waals surface area contributed by atoms with E-state index >= 15 is 0 Å². The van der Waals surface area contributed by atoms with E-state index in [-0.39, 0.29) is 23.3 Å². The molecule has 1 aliphatic heterocycles. The van der Waals surface area contributed by atoms with Crippen LogP contribution in [0.15, 0.2) is 0 Å². The molecule has 2 fully saturated rings. The van der Waals surface area contributed by atoms with E-state index in [0.717, 1.165) is 25.9 Å². The van der Waals surface area contributed by atoms with Gasteiger partial charge in [-0.2, -0.15) is 0 Å². The average molecular weight is 338 g/mol. The van der Waals surface area contributed by atoms with Gasteiger partial charge in [0.2, 0.25) is 11.8 Å². The maximum Gasteiger partial charge on any atom is 0.234 e. The Morgan fingerprint density at radius 2 is 1.67 bits per heavy atom. The molecule has 0 bridgehead atoms. The van der Waals surface area contributed by atoms with Crippen LogP contribution in [0.4, 0.5) is 0 Å². The minimum Gasteiger partial charge on any atom is -0.352 e. The summed E-state index contributed by atoms with van der Waals surface area (Å²) in [6, 6.07) is 0.656. The summed E-state index contributed by atoms with van der Waals surface area (Å²) in [6.07, 6.45) is 6.72. The molecule has 1 heterocycles. The van der Waals surface area contributed by atoms with Crippen LogP contribution in [-0.2, 0) is 9.59 Å². The zero-order valence-electron chi connectivity index (χ0n) is 15.9. The van der Waals surface area contributed by atoms with Gasteiger partial charge in [-0.1, -0.05) is 33.6 Å². The van der Waals surface area contributed by atoms with Crippen LogP contribution in [0.2, 0.25) is 0 Å². The third-order valence-corrected chi connectivity index (χ3v) is 5.71.